The average molecular weight is 859 g/mol. The van der Waals surface area contributed by atoms with Crippen LogP contribution in [-0.4, -0.2) is 6.71 Å². The number of para-hydroxylation sites is 2. The molecule has 0 radical (unpaired) electrons. The molecular formula is C62H43BN2S. The smallest absolute Gasteiger partial charge is 0.264 e. The molecule has 10 aromatic rings. The van der Waals surface area contributed by atoms with Crippen LogP contribution in [0.15, 0.2) is 218 Å². The van der Waals surface area contributed by atoms with Crippen molar-refractivity contribution in [3.63, 3.8) is 0 Å². The third-order valence-corrected chi connectivity index (χ3v) is 16.2. The number of fused-ring (bicyclic) bond motifs is 15. The fourth-order valence-corrected chi connectivity index (χ4v) is 13.7. The van der Waals surface area contributed by atoms with E-state index in [-0.39, 0.29) is 6.71 Å². The lowest BCUT2D eigenvalue weighted by atomic mass is 9.36. The van der Waals surface area contributed by atoms with Crippen molar-refractivity contribution in [3.05, 3.63) is 246 Å². The molecule has 4 aliphatic rings. The Morgan fingerprint density at radius 3 is 1.65 bits per heavy atom. The average Bonchev–Trinajstić information content (AvgIpc) is 4.01. The fourth-order valence-electron chi connectivity index (χ4n) is 12.1. The SMILES string of the molecule is CC(C)c1ccc2c(c1)C1(c3ccccc3-c3ccccc31)c1sc3c(c1-2)N(c1ccccc1)c1cccc2c1B3c1ccc(-c3ccccc3-c3ccccc3)cc1N2c1ccccc1. The minimum atomic E-state index is -0.458. The van der Waals surface area contributed by atoms with Crippen LogP contribution in [0.4, 0.5) is 34.1 Å². The maximum Gasteiger partial charge on any atom is 0.264 e. The van der Waals surface area contributed by atoms with Crippen LogP contribution in [0.2, 0.25) is 0 Å². The van der Waals surface area contributed by atoms with Gasteiger partial charge in [-0.3, -0.25) is 0 Å². The van der Waals surface area contributed by atoms with Crippen LogP contribution in [0, 0.1) is 0 Å². The summed E-state index contributed by atoms with van der Waals surface area (Å²) in [7, 11) is 0. The first-order chi connectivity index (χ1) is 32.6. The first-order valence-corrected chi connectivity index (χ1v) is 24.1. The molecule has 0 atom stereocenters. The zero-order valence-corrected chi connectivity index (χ0v) is 37.6. The van der Waals surface area contributed by atoms with Crippen LogP contribution < -0.4 is 25.5 Å². The van der Waals surface area contributed by atoms with E-state index >= 15 is 0 Å². The molecule has 66 heavy (non-hydrogen) atoms. The molecule has 0 bridgehead atoms. The van der Waals surface area contributed by atoms with E-state index in [1.54, 1.807) is 0 Å². The number of benzene rings is 9. The highest BCUT2D eigenvalue weighted by atomic mass is 32.1. The quantitative estimate of drug-likeness (QED) is 0.159. The Labute approximate surface area is 390 Å². The summed E-state index contributed by atoms with van der Waals surface area (Å²) in [5.41, 5.74) is 25.3. The summed E-state index contributed by atoms with van der Waals surface area (Å²) in [5, 5.41) is 0. The molecule has 3 heterocycles. The molecule has 1 spiro atoms. The highest BCUT2D eigenvalue weighted by Crippen LogP contribution is 2.67. The summed E-state index contributed by atoms with van der Waals surface area (Å²) in [5.74, 6) is 0.397. The second-order valence-electron chi connectivity index (χ2n) is 18.5. The van der Waals surface area contributed by atoms with Crippen LogP contribution >= 0.6 is 11.3 Å². The van der Waals surface area contributed by atoms with Gasteiger partial charge in [0, 0.05) is 43.7 Å². The summed E-state index contributed by atoms with van der Waals surface area (Å²) in [4.78, 5) is 6.57. The van der Waals surface area contributed by atoms with Gasteiger partial charge in [-0.05, 0) is 121 Å². The Balaban J connectivity index is 1.10. The minimum absolute atomic E-state index is 0.00234. The second kappa shape index (κ2) is 14.2. The molecule has 14 rings (SSSR count). The van der Waals surface area contributed by atoms with E-state index in [9.17, 15) is 0 Å². The van der Waals surface area contributed by atoms with Gasteiger partial charge in [0.15, 0.2) is 0 Å². The Morgan fingerprint density at radius 2 is 1.00 bits per heavy atom. The van der Waals surface area contributed by atoms with Gasteiger partial charge in [0.1, 0.15) is 0 Å². The first-order valence-electron chi connectivity index (χ1n) is 23.2. The lowest BCUT2D eigenvalue weighted by Gasteiger charge is -2.43. The third kappa shape index (κ3) is 5.02. The Kier molecular flexibility index (Phi) is 8.09. The molecule has 310 valence electrons. The van der Waals surface area contributed by atoms with Crippen LogP contribution in [0.3, 0.4) is 0 Å². The Hall–Kier alpha value is -7.66. The number of thiophene rings is 1. The molecule has 0 N–H and O–H groups in total. The maximum atomic E-state index is 2.62. The van der Waals surface area contributed by atoms with Crippen molar-refractivity contribution >= 4 is 67.9 Å². The van der Waals surface area contributed by atoms with E-state index in [0.29, 0.717) is 5.92 Å². The molecule has 4 heteroatoms. The van der Waals surface area contributed by atoms with Crippen molar-refractivity contribution in [1.82, 2.24) is 0 Å². The van der Waals surface area contributed by atoms with Crippen LogP contribution in [0.1, 0.15) is 46.9 Å². The first kappa shape index (κ1) is 37.7. The van der Waals surface area contributed by atoms with Gasteiger partial charge in [-0.1, -0.05) is 190 Å². The predicted molar refractivity (Wildman–Crippen MR) is 280 cm³/mol. The topological polar surface area (TPSA) is 6.48 Å². The molecule has 0 amide bonds. The van der Waals surface area contributed by atoms with Crippen molar-refractivity contribution in [3.8, 4) is 44.5 Å². The van der Waals surface area contributed by atoms with Gasteiger partial charge in [-0.15, -0.1) is 11.3 Å². The number of hydrogen-bond acceptors (Lipinski definition) is 3. The van der Waals surface area contributed by atoms with Crippen LogP contribution in [0.25, 0.3) is 44.5 Å². The lowest BCUT2D eigenvalue weighted by Crippen LogP contribution is -2.60. The fraction of sp³-hybridized carbons (Fsp3) is 0.0645. The van der Waals surface area contributed by atoms with Gasteiger partial charge < -0.3 is 9.80 Å². The standard InChI is InChI=1S/C62H43BN2S/c1-39(2)41-33-35-49-52(37-41)62(50-29-16-14-27-47(50)48-28-15-17-30-51(48)62)60-57(49)59-61(66-60)63-53-36-34-42(46-26-13-12-25-45(46)40-19-6-3-7-20-40)38-56(53)64(43-21-8-4-9-22-43)54-31-18-32-55(58(54)63)65(59)44-23-10-5-11-24-44/h3-39H,1-2H3. The zero-order chi connectivity index (χ0) is 43.7. The molecule has 2 aliphatic carbocycles. The van der Waals surface area contributed by atoms with Gasteiger partial charge in [0.25, 0.3) is 6.71 Å². The second-order valence-corrected chi connectivity index (χ2v) is 19.5. The van der Waals surface area contributed by atoms with Gasteiger partial charge in [-0.25, -0.2) is 0 Å². The molecule has 1 aromatic heterocycles. The molecular weight excluding hydrogens is 816 g/mol. The van der Waals surface area contributed by atoms with Gasteiger partial charge in [0.05, 0.1) is 11.1 Å². The third-order valence-electron chi connectivity index (χ3n) is 14.8. The summed E-state index contributed by atoms with van der Waals surface area (Å²) in [6.07, 6.45) is 0. The van der Waals surface area contributed by atoms with Crippen molar-refractivity contribution in [2.45, 2.75) is 25.2 Å². The van der Waals surface area contributed by atoms with E-state index < -0.39 is 5.41 Å². The molecule has 9 aromatic carbocycles. The summed E-state index contributed by atoms with van der Waals surface area (Å²) < 4.78 is 1.40. The van der Waals surface area contributed by atoms with Gasteiger partial charge >= 0.3 is 0 Å². The number of nitrogens with zero attached hydrogens (tertiary/aromatic N) is 2. The lowest BCUT2D eigenvalue weighted by molar-refractivity contribution is 0.799. The monoisotopic (exact) mass is 858 g/mol. The predicted octanol–water partition coefficient (Wildman–Crippen LogP) is 14.6. The van der Waals surface area contributed by atoms with E-state index in [1.807, 2.05) is 0 Å². The number of hydrogen-bond donors (Lipinski definition) is 0. The molecule has 2 aliphatic heterocycles. The van der Waals surface area contributed by atoms with Crippen molar-refractivity contribution in [2.75, 3.05) is 9.80 Å². The van der Waals surface area contributed by atoms with Crippen LogP contribution in [-0.2, 0) is 5.41 Å². The van der Waals surface area contributed by atoms with Crippen molar-refractivity contribution < 1.29 is 0 Å². The summed E-state index contributed by atoms with van der Waals surface area (Å²) >= 11 is 2.06. The van der Waals surface area contributed by atoms with Crippen LogP contribution in [0.5, 0.6) is 0 Å². The van der Waals surface area contributed by atoms with E-state index in [2.05, 4.69) is 253 Å². The van der Waals surface area contributed by atoms with E-state index in [4.69, 9.17) is 0 Å². The highest BCUT2D eigenvalue weighted by Gasteiger charge is 2.57. The largest absolute Gasteiger partial charge is 0.311 e. The number of rotatable bonds is 5. The maximum absolute atomic E-state index is 2.62. The Bertz CT molecular complexity index is 3550. The summed E-state index contributed by atoms with van der Waals surface area (Å²) in [6.45, 7) is 4.65. The van der Waals surface area contributed by atoms with Gasteiger partial charge in [0.2, 0.25) is 0 Å². The molecule has 2 nitrogen and oxygen atoms in total. The molecule has 0 saturated heterocycles. The highest BCUT2D eigenvalue weighted by molar-refractivity contribution is 7.30. The Morgan fingerprint density at radius 1 is 0.439 bits per heavy atom. The van der Waals surface area contributed by atoms with Crippen molar-refractivity contribution in [1.29, 1.82) is 0 Å². The number of anilines is 6. The normalized spacial score (nSPS) is 14.1. The molecule has 0 saturated carbocycles. The van der Waals surface area contributed by atoms with Crippen molar-refractivity contribution in [2.24, 2.45) is 0 Å². The zero-order valence-electron chi connectivity index (χ0n) is 36.7. The van der Waals surface area contributed by atoms with E-state index in [0.717, 1.165) is 5.69 Å². The molecule has 0 unspecified atom stereocenters. The summed E-state index contributed by atoms with van der Waals surface area (Å²) in [6, 6.07) is 82.0. The molecule has 0 fully saturated rings. The van der Waals surface area contributed by atoms with Gasteiger partial charge in [-0.2, -0.15) is 0 Å². The van der Waals surface area contributed by atoms with E-state index in [1.165, 1.54) is 116 Å². The minimum Gasteiger partial charge on any atom is -0.311 e.